The monoisotopic (exact) mass is 248 g/mol. The third-order valence-corrected chi connectivity index (χ3v) is 2.11. The van der Waals surface area contributed by atoms with Crippen LogP contribution in [0.5, 0.6) is 0 Å². The van der Waals surface area contributed by atoms with Crippen LogP contribution in [0.15, 0.2) is 16.8 Å². The van der Waals surface area contributed by atoms with Gasteiger partial charge in [-0.3, -0.25) is 0 Å². The van der Waals surface area contributed by atoms with Crippen molar-refractivity contribution in [2.24, 2.45) is 5.92 Å². The van der Waals surface area contributed by atoms with E-state index in [0.717, 1.165) is 12.3 Å². The van der Waals surface area contributed by atoms with Gasteiger partial charge in [0, 0.05) is 12.6 Å². The molecule has 0 spiro atoms. The first-order chi connectivity index (χ1) is 8.63. The normalized spacial score (nSPS) is 10.7. The zero-order valence-corrected chi connectivity index (χ0v) is 10.6. The van der Waals surface area contributed by atoms with E-state index in [1.807, 2.05) is 6.92 Å². The lowest BCUT2D eigenvalue weighted by Crippen LogP contribution is -2.11. The highest BCUT2D eigenvalue weighted by Crippen LogP contribution is 2.13. The lowest BCUT2D eigenvalue weighted by atomic mass is 10.2. The Hall–Kier alpha value is -2.18. The number of anilines is 3. The number of aryl methyl sites for hydroxylation is 1. The summed E-state index contributed by atoms with van der Waals surface area (Å²) in [4.78, 5) is 4.27. The summed E-state index contributed by atoms with van der Waals surface area (Å²) in [6.07, 6.45) is 1.53. The fraction of sp³-hybridized carbons (Fsp3) is 0.455. The molecule has 0 bridgehead atoms. The quantitative estimate of drug-likeness (QED) is 0.836. The largest absolute Gasteiger partial charge is 0.360 e. The zero-order valence-electron chi connectivity index (χ0n) is 10.6. The van der Waals surface area contributed by atoms with Crippen molar-refractivity contribution in [3.8, 4) is 0 Å². The summed E-state index contributed by atoms with van der Waals surface area (Å²) in [7, 11) is 0. The van der Waals surface area contributed by atoms with Gasteiger partial charge in [0.05, 0.1) is 6.20 Å². The van der Waals surface area contributed by atoms with Gasteiger partial charge >= 0.3 is 0 Å². The van der Waals surface area contributed by atoms with Crippen molar-refractivity contribution >= 4 is 17.6 Å². The van der Waals surface area contributed by atoms with Crippen LogP contribution in [0.4, 0.5) is 17.6 Å². The zero-order chi connectivity index (χ0) is 13.0. The van der Waals surface area contributed by atoms with Crippen molar-refractivity contribution in [2.45, 2.75) is 20.8 Å². The van der Waals surface area contributed by atoms with Gasteiger partial charge in [0.2, 0.25) is 5.95 Å². The molecule has 2 aromatic rings. The molecule has 0 aliphatic heterocycles. The van der Waals surface area contributed by atoms with Crippen LogP contribution in [0.1, 0.15) is 19.6 Å². The molecule has 2 aromatic heterocycles. The first-order valence-corrected chi connectivity index (χ1v) is 5.77. The molecule has 0 radical (unpaired) electrons. The molecule has 18 heavy (non-hydrogen) atoms. The van der Waals surface area contributed by atoms with Gasteiger partial charge in [-0.25, -0.2) is 0 Å². The van der Waals surface area contributed by atoms with Gasteiger partial charge in [-0.05, 0) is 12.8 Å². The number of hydrogen-bond donors (Lipinski definition) is 2. The molecule has 0 saturated carbocycles. The maximum atomic E-state index is 4.95. The molecule has 2 N–H and O–H groups in total. The Morgan fingerprint density at radius 2 is 2.17 bits per heavy atom. The Bertz CT molecular complexity index is 510. The van der Waals surface area contributed by atoms with Crippen LogP contribution in [0.2, 0.25) is 0 Å². The van der Waals surface area contributed by atoms with Crippen LogP contribution in [0.3, 0.4) is 0 Å². The van der Waals surface area contributed by atoms with Crippen molar-refractivity contribution in [3.63, 3.8) is 0 Å². The van der Waals surface area contributed by atoms with Crippen LogP contribution in [-0.4, -0.2) is 26.9 Å². The minimum Gasteiger partial charge on any atom is -0.360 e. The highest BCUT2D eigenvalue weighted by atomic mass is 16.5. The summed E-state index contributed by atoms with van der Waals surface area (Å²) < 4.78 is 4.95. The van der Waals surface area contributed by atoms with Crippen LogP contribution < -0.4 is 10.6 Å². The minimum absolute atomic E-state index is 0.494. The molecule has 7 nitrogen and oxygen atoms in total. The maximum Gasteiger partial charge on any atom is 0.244 e. The second-order valence-electron chi connectivity index (χ2n) is 4.39. The summed E-state index contributed by atoms with van der Waals surface area (Å²) in [5.74, 6) is 2.92. The van der Waals surface area contributed by atoms with Crippen LogP contribution in [0, 0.1) is 12.8 Å². The number of hydrogen-bond acceptors (Lipinski definition) is 7. The first kappa shape index (κ1) is 12.3. The SMILES string of the molecule is Cc1cc(Nc2cnnc(NCC(C)C)n2)no1. The molecule has 0 aliphatic carbocycles. The number of nitrogens with one attached hydrogen (secondary N) is 2. The Labute approximate surface area is 105 Å². The highest BCUT2D eigenvalue weighted by Gasteiger charge is 2.04. The smallest absolute Gasteiger partial charge is 0.244 e. The van der Waals surface area contributed by atoms with E-state index in [1.165, 1.54) is 6.20 Å². The van der Waals surface area contributed by atoms with Crippen LogP contribution in [-0.2, 0) is 0 Å². The van der Waals surface area contributed by atoms with Crippen molar-refractivity contribution in [3.05, 3.63) is 18.0 Å². The van der Waals surface area contributed by atoms with Gasteiger partial charge in [0.25, 0.3) is 0 Å². The Kier molecular flexibility index (Phi) is 3.71. The van der Waals surface area contributed by atoms with Gasteiger partial charge in [0.15, 0.2) is 11.6 Å². The van der Waals surface area contributed by atoms with Crippen LogP contribution >= 0.6 is 0 Å². The van der Waals surface area contributed by atoms with Gasteiger partial charge in [-0.2, -0.15) is 10.1 Å². The van der Waals surface area contributed by atoms with E-state index in [1.54, 1.807) is 6.07 Å². The average Bonchev–Trinajstić information content (AvgIpc) is 2.73. The Balaban J connectivity index is 2.02. The summed E-state index contributed by atoms with van der Waals surface area (Å²) in [6, 6.07) is 1.78. The summed E-state index contributed by atoms with van der Waals surface area (Å²) >= 11 is 0. The molecular weight excluding hydrogens is 232 g/mol. The van der Waals surface area contributed by atoms with E-state index in [4.69, 9.17) is 4.52 Å². The molecule has 2 heterocycles. The van der Waals surface area contributed by atoms with E-state index < -0.39 is 0 Å². The third-order valence-electron chi connectivity index (χ3n) is 2.11. The van der Waals surface area contributed by atoms with E-state index in [0.29, 0.717) is 23.5 Å². The molecule has 0 amide bonds. The van der Waals surface area contributed by atoms with Gasteiger partial charge < -0.3 is 15.2 Å². The topological polar surface area (TPSA) is 88.8 Å². The molecule has 0 aliphatic rings. The molecule has 96 valence electrons. The van der Waals surface area contributed by atoms with Gasteiger partial charge in [-0.15, -0.1) is 5.10 Å². The predicted molar refractivity (Wildman–Crippen MR) is 67.7 cm³/mol. The summed E-state index contributed by atoms with van der Waals surface area (Å²) in [5, 5.41) is 17.7. The maximum absolute atomic E-state index is 4.95. The Morgan fingerprint density at radius 3 is 2.83 bits per heavy atom. The second kappa shape index (κ2) is 5.44. The summed E-state index contributed by atoms with van der Waals surface area (Å²) in [5.41, 5.74) is 0. The molecular formula is C11H16N6O. The van der Waals surface area contributed by atoms with Crippen molar-refractivity contribution in [2.75, 3.05) is 17.2 Å². The Morgan fingerprint density at radius 1 is 1.33 bits per heavy atom. The summed E-state index contributed by atoms with van der Waals surface area (Å²) in [6.45, 7) is 6.85. The number of rotatable bonds is 5. The second-order valence-corrected chi connectivity index (χ2v) is 4.39. The van der Waals surface area contributed by atoms with Crippen LogP contribution in [0.25, 0.3) is 0 Å². The van der Waals surface area contributed by atoms with Crippen molar-refractivity contribution in [1.29, 1.82) is 0 Å². The predicted octanol–water partition coefficient (Wildman–Crippen LogP) is 1.98. The third kappa shape index (κ3) is 3.41. The molecule has 0 atom stereocenters. The fourth-order valence-electron chi connectivity index (χ4n) is 1.29. The van der Waals surface area contributed by atoms with Crippen molar-refractivity contribution < 1.29 is 4.52 Å². The molecule has 0 unspecified atom stereocenters. The molecule has 0 fully saturated rings. The van der Waals surface area contributed by atoms with E-state index >= 15 is 0 Å². The lowest BCUT2D eigenvalue weighted by molar-refractivity contribution is 0.400. The van der Waals surface area contributed by atoms with Gasteiger partial charge in [0.1, 0.15) is 5.76 Å². The molecule has 0 aromatic carbocycles. The standard InChI is InChI=1S/C11H16N6O/c1-7(2)5-12-11-15-10(6-13-16-11)14-9-4-8(3)18-17-9/h4,6-7H,5H2,1-3H3,(H2,12,14,15,16,17). The van der Waals surface area contributed by atoms with E-state index in [9.17, 15) is 0 Å². The number of aromatic nitrogens is 4. The molecule has 7 heteroatoms. The minimum atomic E-state index is 0.494. The highest BCUT2D eigenvalue weighted by molar-refractivity contribution is 5.51. The van der Waals surface area contributed by atoms with Gasteiger partial charge in [-0.1, -0.05) is 19.0 Å². The molecule has 2 rings (SSSR count). The first-order valence-electron chi connectivity index (χ1n) is 5.77. The van der Waals surface area contributed by atoms with E-state index in [2.05, 4.69) is 44.8 Å². The fourth-order valence-corrected chi connectivity index (χ4v) is 1.29. The van der Waals surface area contributed by atoms with E-state index in [-0.39, 0.29) is 0 Å². The average molecular weight is 248 g/mol. The lowest BCUT2D eigenvalue weighted by Gasteiger charge is -2.07. The van der Waals surface area contributed by atoms with Crippen molar-refractivity contribution in [1.82, 2.24) is 20.3 Å². The molecule has 0 saturated heterocycles. The number of nitrogens with zero attached hydrogens (tertiary/aromatic N) is 4.